The highest BCUT2D eigenvalue weighted by atomic mass is 35.5. The van der Waals surface area contributed by atoms with Crippen LogP contribution in [0.5, 0.6) is 0 Å². The monoisotopic (exact) mass is 458 g/mol. The summed E-state index contributed by atoms with van der Waals surface area (Å²) in [5, 5.41) is 2.84. The Morgan fingerprint density at radius 1 is 1.00 bits per heavy atom. The lowest BCUT2D eigenvalue weighted by Crippen LogP contribution is -2.46. The Kier molecular flexibility index (Phi) is 5.64. The van der Waals surface area contributed by atoms with Gasteiger partial charge in [0.25, 0.3) is 5.91 Å². The molecule has 0 unspecified atom stereocenters. The third-order valence-corrected chi connectivity index (χ3v) is 6.50. The van der Waals surface area contributed by atoms with Crippen LogP contribution in [0.2, 0.25) is 8.67 Å². The molecule has 1 aromatic heterocycles. The number of nitrogens with one attached hydrogen (secondary N) is 1. The summed E-state index contributed by atoms with van der Waals surface area (Å²) in [5.41, 5.74) is 0.443. The maximum Gasteiger partial charge on any atom is 0.325 e. The second-order valence-corrected chi connectivity index (χ2v) is 9.20. The highest BCUT2D eigenvalue weighted by Crippen LogP contribution is 2.35. The molecule has 2 aromatic carbocycles. The largest absolute Gasteiger partial charge is 0.325 e. The number of benzene rings is 2. The first-order chi connectivity index (χ1) is 14.4. The fourth-order valence-corrected chi connectivity index (χ4v) is 5.07. The lowest BCUT2D eigenvalue weighted by molar-refractivity contribution is -0.131. The van der Waals surface area contributed by atoms with Crippen molar-refractivity contribution in [3.8, 4) is 0 Å². The zero-order valence-corrected chi connectivity index (χ0v) is 17.9. The normalized spacial score (nSPS) is 18.5. The van der Waals surface area contributed by atoms with Crippen molar-refractivity contribution < 1.29 is 14.4 Å². The van der Waals surface area contributed by atoms with Crippen LogP contribution in [0, 0.1) is 0 Å². The maximum atomic E-state index is 13.5. The second kappa shape index (κ2) is 8.22. The molecule has 1 aliphatic rings. The predicted molar refractivity (Wildman–Crippen MR) is 117 cm³/mol. The number of nitrogens with zero attached hydrogens (tertiary/aromatic N) is 1. The van der Waals surface area contributed by atoms with Crippen molar-refractivity contribution >= 4 is 52.3 Å². The van der Waals surface area contributed by atoms with Gasteiger partial charge in [-0.15, -0.1) is 11.3 Å². The molecule has 0 aliphatic carbocycles. The molecule has 8 heteroatoms. The third kappa shape index (κ3) is 3.74. The lowest BCUT2D eigenvalue weighted by atomic mass is 9.83. The molecular formula is C22H16Cl2N2O3S. The lowest BCUT2D eigenvalue weighted by Gasteiger charge is -2.27. The van der Waals surface area contributed by atoms with Crippen molar-refractivity contribution in [2.24, 2.45) is 0 Å². The van der Waals surface area contributed by atoms with Gasteiger partial charge in [-0.25, -0.2) is 4.79 Å². The standard InChI is InChI=1S/C22H16Cl2N2O3S/c23-18-11-16(19(24)30-18)17(27)13-26-20(28)22(25-21(26)29,15-9-5-2-6-10-15)12-14-7-3-1-4-8-14/h1-11H,12-13H2,(H,25,29)/t22-/m1/s1. The summed E-state index contributed by atoms with van der Waals surface area (Å²) in [7, 11) is 0. The summed E-state index contributed by atoms with van der Waals surface area (Å²) in [6.07, 6.45) is 0.262. The molecule has 0 radical (unpaired) electrons. The van der Waals surface area contributed by atoms with Gasteiger partial charge in [0.1, 0.15) is 4.34 Å². The molecule has 3 aromatic rings. The van der Waals surface area contributed by atoms with Crippen molar-refractivity contribution in [3.63, 3.8) is 0 Å². The number of hydrogen-bond donors (Lipinski definition) is 1. The number of rotatable bonds is 6. The van der Waals surface area contributed by atoms with E-state index in [9.17, 15) is 14.4 Å². The van der Waals surface area contributed by atoms with Crippen LogP contribution in [0.15, 0.2) is 66.7 Å². The summed E-state index contributed by atoms with van der Waals surface area (Å²) >= 11 is 13.0. The maximum absolute atomic E-state index is 13.5. The molecule has 152 valence electrons. The number of thiophene rings is 1. The van der Waals surface area contributed by atoms with E-state index in [0.29, 0.717) is 9.90 Å². The smallest absolute Gasteiger partial charge is 0.319 e. The Morgan fingerprint density at radius 2 is 1.63 bits per heavy atom. The van der Waals surface area contributed by atoms with Crippen LogP contribution in [0.3, 0.4) is 0 Å². The average molecular weight is 459 g/mol. The van der Waals surface area contributed by atoms with Crippen molar-refractivity contribution in [1.82, 2.24) is 10.2 Å². The molecule has 4 rings (SSSR count). The van der Waals surface area contributed by atoms with Crippen LogP contribution in [-0.2, 0) is 16.8 Å². The molecule has 1 atom stereocenters. The molecule has 0 spiro atoms. The predicted octanol–water partition coefficient (Wildman–Crippen LogP) is 4.93. The van der Waals surface area contributed by atoms with Gasteiger partial charge in [-0.2, -0.15) is 0 Å². The highest BCUT2D eigenvalue weighted by molar-refractivity contribution is 7.20. The number of halogens is 2. The van der Waals surface area contributed by atoms with E-state index in [1.54, 1.807) is 12.1 Å². The SMILES string of the molecule is O=C(CN1C(=O)N[C@](Cc2ccccc2)(c2ccccc2)C1=O)c1cc(Cl)sc1Cl. The first-order valence-corrected chi connectivity index (χ1v) is 10.7. The number of carbonyl (C=O) groups excluding carboxylic acids is 3. The number of Topliss-reactive ketones (excluding diaryl/α,β-unsaturated/α-hetero) is 1. The minimum absolute atomic E-state index is 0.201. The minimum atomic E-state index is -1.30. The molecule has 2 heterocycles. The van der Waals surface area contributed by atoms with Crippen LogP contribution in [0.1, 0.15) is 21.5 Å². The van der Waals surface area contributed by atoms with Gasteiger partial charge in [-0.1, -0.05) is 83.9 Å². The van der Waals surface area contributed by atoms with Crippen molar-refractivity contribution in [3.05, 3.63) is 92.1 Å². The second-order valence-electron chi connectivity index (χ2n) is 6.92. The van der Waals surface area contributed by atoms with E-state index in [0.717, 1.165) is 21.8 Å². The van der Waals surface area contributed by atoms with Gasteiger partial charge in [0.05, 0.1) is 16.4 Å². The summed E-state index contributed by atoms with van der Waals surface area (Å²) in [6.45, 7) is -0.416. The van der Waals surface area contributed by atoms with E-state index < -0.39 is 29.8 Å². The van der Waals surface area contributed by atoms with Gasteiger partial charge in [0.15, 0.2) is 11.3 Å². The van der Waals surface area contributed by atoms with E-state index >= 15 is 0 Å². The van der Waals surface area contributed by atoms with E-state index in [2.05, 4.69) is 5.32 Å². The Labute approximate surface area is 187 Å². The first kappa shape index (κ1) is 20.6. The number of urea groups is 1. The van der Waals surface area contributed by atoms with Crippen molar-refractivity contribution in [2.75, 3.05) is 6.54 Å². The molecule has 0 bridgehead atoms. The number of hydrogen-bond acceptors (Lipinski definition) is 4. The average Bonchev–Trinajstić information content (AvgIpc) is 3.20. The van der Waals surface area contributed by atoms with Gasteiger partial charge in [0.2, 0.25) is 0 Å². The Balaban J connectivity index is 1.68. The Hall–Kier alpha value is -2.67. The highest BCUT2D eigenvalue weighted by Gasteiger charge is 2.52. The molecule has 1 aliphatic heterocycles. The van der Waals surface area contributed by atoms with E-state index in [4.69, 9.17) is 23.2 Å². The molecule has 30 heavy (non-hydrogen) atoms. The quantitative estimate of drug-likeness (QED) is 0.420. The zero-order chi connectivity index (χ0) is 21.3. The molecule has 1 fully saturated rings. The van der Waals surface area contributed by atoms with Gasteiger partial charge in [-0.3, -0.25) is 14.5 Å². The van der Waals surface area contributed by atoms with Gasteiger partial charge < -0.3 is 5.32 Å². The number of amides is 3. The molecule has 5 nitrogen and oxygen atoms in total. The molecule has 0 saturated carbocycles. The zero-order valence-electron chi connectivity index (χ0n) is 15.6. The topological polar surface area (TPSA) is 66.5 Å². The van der Waals surface area contributed by atoms with Crippen LogP contribution >= 0.6 is 34.5 Å². The fourth-order valence-electron chi connectivity index (χ4n) is 3.57. The van der Waals surface area contributed by atoms with Gasteiger partial charge in [-0.05, 0) is 17.2 Å². The first-order valence-electron chi connectivity index (χ1n) is 9.12. The van der Waals surface area contributed by atoms with Crippen LogP contribution < -0.4 is 5.32 Å². The summed E-state index contributed by atoms with van der Waals surface area (Å²) in [6, 6.07) is 19.3. The van der Waals surface area contributed by atoms with E-state index in [-0.39, 0.29) is 16.3 Å². The van der Waals surface area contributed by atoms with Crippen LogP contribution in [0.25, 0.3) is 0 Å². The third-order valence-electron chi connectivity index (χ3n) is 5.01. The summed E-state index contributed by atoms with van der Waals surface area (Å²) in [4.78, 5) is 40.0. The van der Waals surface area contributed by atoms with Crippen molar-refractivity contribution in [2.45, 2.75) is 12.0 Å². The summed E-state index contributed by atoms with van der Waals surface area (Å²) in [5.74, 6) is -0.927. The molecular weight excluding hydrogens is 443 g/mol. The fraction of sp³-hybridized carbons (Fsp3) is 0.136. The summed E-state index contributed by atoms with van der Waals surface area (Å²) < 4.78 is 0.596. The number of ketones is 1. The van der Waals surface area contributed by atoms with Gasteiger partial charge >= 0.3 is 6.03 Å². The van der Waals surface area contributed by atoms with Crippen LogP contribution in [-0.4, -0.2) is 29.2 Å². The van der Waals surface area contributed by atoms with Gasteiger partial charge in [0, 0.05) is 6.42 Å². The van der Waals surface area contributed by atoms with E-state index in [1.165, 1.54) is 6.07 Å². The van der Waals surface area contributed by atoms with Crippen LogP contribution in [0.4, 0.5) is 4.79 Å². The number of carbonyl (C=O) groups is 3. The Bertz CT molecular complexity index is 1120. The van der Waals surface area contributed by atoms with Crippen molar-refractivity contribution in [1.29, 1.82) is 0 Å². The molecule has 1 saturated heterocycles. The minimum Gasteiger partial charge on any atom is -0.319 e. The molecule has 1 N–H and O–H groups in total. The number of imide groups is 1. The molecule has 3 amide bonds. The Morgan fingerprint density at radius 3 is 2.23 bits per heavy atom. The van der Waals surface area contributed by atoms with E-state index in [1.807, 2.05) is 48.5 Å².